The second-order valence-electron chi connectivity index (χ2n) is 7.28. The highest BCUT2D eigenvalue weighted by molar-refractivity contribution is 5.78. The van der Waals surface area contributed by atoms with Crippen LogP contribution in [0.4, 0.5) is 8.78 Å². The molecular formula is C22H35F2N3O. The normalized spacial score (nSPS) is 19.2. The highest BCUT2D eigenvalue weighted by Gasteiger charge is 2.20. The Hall–Kier alpha value is -1.79. The van der Waals surface area contributed by atoms with Crippen molar-refractivity contribution in [1.82, 2.24) is 15.1 Å². The number of amides is 1. The standard InChI is InChI=1S/C22H35F2N3O/c1-6-19(10-8-9-17(3)20(24)15-18(4)23)21(7-2)25-16-22(28)27-13-11-26(5)12-14-27/h6,8,10,15,21,25H,7,9,11-14,16H2,1-5H3/b10-8-,18-15+,19-6+,20-17-. The fourth-order valence-electron chi connectivity index (χ4n) is 3.06. The summed E-state index contributed by atoms with van der Waals surface area (Å²) >= 11 is 0. The SMILES string of the molecule is C/C=C(\C=C/C/C(C)=C(F)/C=C(\C)F)C(CC)NCC(=O)N1CCN(C)CC1. The molecule has 1 atom stereocenters. The lowest BCUT2D eigenvalue weighted by Gasteiger charge is -2.33. The van der Waals surface area contributed by atoms with Crippen LogP contribution in [-0.2, 0) is 4.79 Å². The number of likely N-dealkylation sites (N-methyl/N-ethyl adjacent to an activating group) is 1. The van der Waals surface area contributed by atoms with Crippen LogP contribution < -0.4 is 5.32 Å². The second kappa shape index (κ2) is 12.6. The van der Waals surface area contributed by atoms with Crippen LogP contribution in [-0.4, -0.2) is 61.5 Å². The molecule has 0 aliphatic carbocycles. The predicted molar refractivity (Wildman–Crippen MR) is 112 cm³/mol. The third kappa shape index (κ3) is 8.48. The van der Waals surface area contributed by atoms with Crippen LogP contribution in [0, 0.1) is 0 Å². The number of rotatable bonds is 9. The van der Waals surface area contributed by atoms with Crippen LogP contribution in [0.15, 0.2) is 47.1 Å². The van der Waals surface area contributed by atoms with Crippen LogP contribution in [0.1, 0.15) is 40.5 Å². The second-order valence-corrected chi connectivity index (χ2v) is 7.28. The van der Waals surface area contributed by atoms with Gasteiger partial charge < -0.3 is 15.1 Å². The average Bonchev–Trinajstić information content (AvgIpc) is 2.66. The molecule has 0 radical (unpaired) electrons. The lowest BCUT2D eigenvalue weighted by atomic mass is 10.0. The number of hydrogen-bond donors (Lipinski definition) is 1. The zero-order valence-corrected chi connectivity index (χ0v) is 17.9. The smallest absolute Gasteiger partial charge is 0.236 e. The monoisotopic (exact) mass is 395 g/mol. The van der Waals surface area contributed by atoms with Crippen molar-refractivity contribution < 1.29 is 13.6 Å². The first-order valence-electron chi connectivity index (χ1n) is 9.99. The molecule has 158 valence electrons. The third-order valence-electron chi connectivity index (χ3n) is 4.97. The van der Waals surface area contributed by atoms with E-state index in [9.17, 15) is 13.6 Å². The van der Waals surface area contributed by atoms with E-state index >= 15 is 0 Å². The van der Waals surface area contributed by atoms with E-state index in [2.05, 4.69) is 24.2 Å². The lowest BCUT2D eigenvalue weighted by Crippen LogP contribution is -2.50. The molecule has 1 aliphatic rings. The van der Waals surface area contributed by atoms with Crippen molar-refractivity contribution in [3.05, 3.63) is 47.1 Å². The van der Waals surface area contributed by atoms with E-state index < -0.39 is 11.7 Å². The highest BCUT2D eigenvalue weighted by atomic mass is 19.1. The van der Waals surface area contributed by atoms with E-state index in [-0.39, 0.29) is 11.9 Å². The number of allylic oxidation sites excluding steroid dienone is 6. The molecule has 28 heavy (non-hydrogen) atoms. The number of nitrogens with zero attached hydrogens (tertiary/aromatic N) is 2. The van der Waals surface area contributed by atoms with Crippen LogP contribution >= 0.6 is 0 Å². The summed E-state index contributed by atoms with van der Waals surface area (Å²) in [4.78, 5) is 16.6. The third-order valence-corrected chi connectivity index (χ3v) is 4.97. The Balaban J connectivity index is 2.60. The molecule has 0 spiro atoms. The molecule has 4 nitrogen and oxygen atoms in total. The van der Waals surface area contributed by atoms with Crippen LogP contribution in [0.5, 0.6) is 0 Å². The first-order valence-corrected chi connectivity index (χ1v) is 9.99. The first-order chi connectivity index (χ1) is 13.3. The minimum Gasteiger partial charge on any atom is -0.339 e. The molecule has 6 heteroatoms. The maximum atomic E-state index is 13.7. The number of hydrogen-bond acceptors (Lipinski definition) is 3. The maximum Gasteiger partial charge on any atom is 0.236 e. The van der Waals surface area contributed by atoms with E-state index in [0.717, 1.165) is 44.2 Å². The molecule has 0 aromatic carbocycles. The average molecular weight is 396 g/mol. The van der Waals surface area contributed by atoms with Crippen LogP contribution in [0.25, 0.3) is 0 Å². The molecule has 1 fully saturated rings. The quantitative estimate of drug-likeness (QED) is 0.596. The van der Waals surface area contributed by atoms with Gasteiger partial charge >= 0.3 is 0 Å². The van der Waals surface area contributed by atoms with Crippen molar-refractivity contribution in [1.29, 1.82) is 0 Å². The zero-order valence-electron chi connectivity index (χ0n) is 17.9. The maximum absolute atomic E-state index is 13.7. The predicted octanol–water partition coefficient (Wildman–Crippen LogP) is 4.14. The van der Waals surface area contributed by atoms with Gasteiger partial charge in [0, 0.05) is 38.3 Å². The summed E-state index contributed by atoms with van der Waals surface area (Å²) in [6, 6.07) is 0.0554. The summed E-state index contributed by atoms with van der Waals surface area (Å²) in [6.45, 7) is 10.6. The Bertz CT molecular complexity index is 626. The van der Waals surface area contributed by atoms with Gasteiger partial charge in [-0.15, -0.1) is 0 Å². The summed E-state index contributed by atoms with van der Waals surface area (Å²) in [5.41, 5.74) is 1.54. The first kappa shape index (κ1) is 24.2. The van der Waals surface area contributed by atoms with Gasteiger partial charge in [0.25, 0.3) is 0 Å². The zero-order chi connectivity index (χ0) is 21.1. The molecule has 0 bridgehead atoms. The Morgan fingerprint density at radius 2 is 1.82 bits per heavy atom. The van der Waals surface area contributed by atoms with E-state index in [4.69, 9.17) is 0 Å². The molecule has 0 aromatic rings. The largest absolute Gasteiger partial charge is 0.339 e. The van der Waals surface area contributed by atoms with Gasteiger partial charge in [0.1, 0.15) is 5.83 Å². The molecule has 1 unspecified atom stereocenters. The van der Waals surface area contributed by atoms with Gasteiger partial charge in [-0.3, -0.25) is 4.79 Å². The molecule has 1 amide bonds. The Labute approximate surface area is 168 Å². The summed E-state index contributed by atoms with van der Waals surface area (Å²) < 4.78 is 26.5. The lowest BCUT2D eigenvalue weighted by molar-refractivity contribution is -0.131. The van der Waals surface area contributed by atoms with Gasteiger partial charge in [0.2, 0.25) is 5.91 Å². The highest BCUT2D eigenvalue weighted by Crippen LogP contribution is 2.16. The Morgan fingerprint density at radius 1 is 1.18 bits per heavy atom. The van der Waals surface area contributed by atoms with Gasteiger partial charge in [-0.25, -0.2) is 8.78 Å². The number of nitrogens with one attached hydrogen (secondary N) is 1. The molecule has 0 aromatic heterocycles. The summed E-state index contributed by atoms with van der Waals surface area (Å²) in [5.74, 6) is -0.954. The van der Waals surface area contributed by atoms with Crippen LogP contribution in [0.3, 0.4) is 0 Å². The van der Waals surface area contributed by atoms with Gasteiger partial charge in [-0.2, -0.15) is 0 Å². The molecule has 1 N–H and O–H groups in total. The van der Waals surface area contributed by atoms with E-state index in [1.54, 1.807) is 6.92 Å². The summed E-state index contributed by atoms with van der Waals surface area (Å²) in [7, 11) is 2.07. The van der Waals surface area contributed by atoms with E-state index in [0.29, 0.717) is 18.5 Å². The Morgan fingerprint density at radius 3 is 2.36 bits per heavy atom. The van der Waals surface area contributed by atoms with E-state index in [1.807, 2.05) is 30.1 Å². The number of piperazine rings is 1. The molecule has 0 saturated carbocycles. The Kier molecular flexibility index (Phi) is 10.9. The van der Waals surface area contributed by atoms with Crippen LogP contribution in [0.2, 0.25) is 0 Å². The molecule has 1 rings (SSSR count). The molecule has 1 aliphatic heterocycles. The number of carbonyl (C=O) groups is 1. The van der Waals surface area contributed by atoms with Crippen molar-refractivity contribution in [2.24, 2.45) is 0 Å². The fourth-order valence-corrected chi connectivity index (χ4v) is 3.06. The van der Waals surface area contributed by atoms with Gasteiger partial charge in [0.15, 0.2) is 0 Å². The summed E-state index contributed by atoms with van der Waals surface area (Å²) in [6.07, 6.45) is 7.97. The van der Waals surface area contributed by atoms with Gasteiger partial charge in [0.05, 0.1) is 12.4 Å². The van der Waals surface area contributed by atoms with Crippen molar-refractivity contribution in [2.45, 2.75) is 46.6 Å². The molecular weight excluding hydrogens is 360 g/mol. The van der Waals surface area contributed by atoms with Crippen molar-refractivity contribution >= 4 is 5.91 Å². The van der Waals surface area contributed by atoms with Gasteiger partial charge in [-0.05, 0) is 51.8 Å². The van der Waals surface area contributed by atoms with Crippen molar-refractivity contribution in [3.8, 4) is 0 Å². The number of carbonyl (C=O) groups excluding carboxylic acids is 1. The van der Waals surface area contributed by atoms with Crippen molar-refractivity contribution in [3.63, 3.8) is 0 Å². The van der Waals surface area contributed by atoms with Crippen molar-refractivity contribution in [2.75, 3.05) is 39.8 Å². The fraction of sp³-hybridized carbons (Fsp3) is 0.591. The number of halogens is 2. The topological polar surface area (TPSA) is 35.6 Å². The van der Waals surface area contributed by atoms with Gasteiger partial charge in [-0.1, -0.05) is 25.2 Å². The van der Waals surface area contributed by atoms with E-state index in [1.165, 1.54) is 6.92 Å². The minimum absolute atomic E-state index is 0.0554. The molecule has 1 saturated heterocycles. The molecule has 1 heterocycles. The summed E-state index contributed by atoms with van der Waals surface area (Å²) in [5, 5.41) is 3.35. The minimum atomic E-state index is -0.546.